The summed E-state index contributed by atoms with van der Waals surface area (Å²) < 4.78 is 0. The highest BCUT2D eigenvalue weighted by molar-refractivity contribution is 6.77. The minimum atomic E-state index is -1.72. The van der Waals surface area contributed by atoms with Crippen LogP contribution in [-0.4, -0.2) is 27.5 Å². The molecule has 2 aromatic carbocycles. The zero-order valence-electron chi connectivity index (χ0n) is 28.0. The highest BCUT2D eigenvalue weighted by Gasteiger charge is 2.41. The monoisotopic (exact) mass is 586 g/mol. The second-order valence-electron chi connectivity index (χ2n) is 16.0. The Balaban J connectivity index is 1.46. The van der Waals surface area contributed by atoms with E-state index in [0.29, 0.717) is 17.0 Å². The third-order valence-electron chi connectivity index (χ3n) is 9.09. The average Bonchev–Trinajstić information content (AvgIpc) is 3.42. The molecule has 3 unspecified atom stereocenters. The molecule has 0 aromatic heterocycles. The zero-order chi connectivity index (χ0) is 30.2. The molecular weight excluding hydrogens is 529 g/mol. The van der Waals surface area contributed by atoms with Crippen LogP contribution < -0.4 is 9.96 Å². The lowest BCUT2D eigenvalue weighted by molar-refractivity contribution is 0.508. The van der Waals surface area contributed by atoms with E-state index in [2.05, 4.69) is 145 Å². The summed E-state index contributed by atoms with van der Waals surface area (Å²) >= 11 is 0. The van der Waals surface area contributed by atoms with Crippen LogP contribution in [0.2, 0.25) is 26.2 Å². The fraction of sp³-hybridized carbons (Fsp3) is 0.568. The van der Waals surface area contributed by atoms with Crippen molar-refractivity contribution in [2.75, 3.05) is 0 Å². The number of unbranched alkanes of at least 4 members (excludes halogenated alkanes) is 1. The first-order valence-corrected chi connectivity index (χ1v) is 22.4. The number of nitrogens with one attached hydrogen (secondary N) is 2. The van der Waals surface area contributed by atoms with Crippen molar-refractivity contribution >= 4 is 27.6 Å². The van der Waals surface area contributed by atoms with Gasteiger partial charge in [0.25, 0.3) is 0 Å². The molecule has 0 saturated carbocycles. The van der Waals surface area contributed by atoms with Crippen molar-refractivity contribution in [3.05, 3.63) is 82.9 Å². The van der Waals surface area contributed by atoms with Crippen LogP contribution in [-0.2, 0) is 0 Å². The summed E-state index contributed by atoms with van der Waals surface area (Å²) in [5.41, 5.74) is 10.7. The molecule has 0 bridgehead atoms. The summed E-state index contributed by atoms with van der Waals surface area (Å²) in [6, 6.07) is 18.5. The lowest BCUT2D eigenvalue weighted by atomic mass is 9.87. The van der Waals surface area contributed by atoms with Crippen molar-refractivity contribution in [1.82, 2.24) is 9.96 Å². The number of rotatable bonds is 11. The van der Waals surface area contributed by atoms with E-state index >= 15 is 0 Å². The molecule has 0 fully saturated rings. The molecule has 2 aliphatic rings. The molecule has 0 radical (unpaired) electrons. The normalized spacial score (nSPS) is 20.0. The second-order valence-corrected chi connectivity index (χ2v) is 24.6. The van der Waals surface area contributed by atoms with Crippen molar-refractivity contribution in [3.8, 4) is 0 Å². The number of benzene rings is 2. The van der Waals surface area contributed by atoms with E-state index < -0.39 is 16.5 Å². The Morgan fingerprint density at radius 2 is 1.17 bits per heavy atom. The van der Waals surface area contributed by atoms with Gasteiger partial charge in [-0.05, 0) is 107 Å². The van der Waals surface area contributed by atoms with Gasteiger partial charge in [0, 0.05) is 22.2 Å². The van der Waals surface area contributed by atoms with E-state index in [-0.39, 0.29) is 11.1 Å². The first-order chi connectivity index (χ1) is 19.0. The fourth-order valence-corrected chi connectivity index (χ4v) is 15.4. The van der Waals surface area contributed by atoms with E-state index in [0.717, 1.165) is 0 Å². The Kier molecular flexibility index (Phi) is 9.51. The molecule has 0 heterocycles. The highest BCUT2D eigenvalue weighted by Crippen LogP contribution is 2.46. The number of allylic oxidation sites excluding steroid dienone is 4. The Morgan fingerprint density at radius 1 is 0.683 bits per heavy atom. The Morgan fingerprint density at radius 3 is 1.71 bits per heavy atom. The van der Waals surface area contributed by atoms with E-state index in [1.807, 2.05) is 0 Å². The van der Waals surface area contributed by atoms with E-state index in [1.165, 1.54) is 43.2 Å². The molecule has 4 rings (SSSR count). The molecule has 2 aliphatic carbocycles. The zero-order valence-corrected chi connectivity index (χ0v) is 30.0. The molecule has 0 aliphatic heterocycles. The van der Waals surface area contributed by atoms with Crippen molar-refractivity contribution < 1.29 is 0 Å². The minimum Gasteiger partial charge on any atom is -0.332 e. The van der Waals surface area contributed by atoms with Crippen LogP contribution in [0.3, 0.4) is 0 Å². The summed E-state index contributed by atoms with van der Waals surface area (Å²) in [4.78, 5) is 8.10. The third-order valence-corrected chi connectivity index (χ3v) is 15.9. The van der Waals surface area contributed by atoms with Gasteiger partial charge in [-0.3, -0.25) is 0 Å². The molecule has 2 N–H and O–H groups in total. The van der Waals surface area contributed by atoms with Crippen LogP contribution in [0.25, 0.3) is 11.1 Å². The molecule has 3 atom stereocenters. The molecule has 2 aromatic rings. The highest BCUT2D eigenvalue weighted by atomic mass is 28.3. The van der Waals surface area contributed by atoms with Gasteiger partial charge in [0.05, 0.1) is 0 Å². The minimum absolute atomic E-state index is 0.137. The Bertz CT molecular complexity index is 1270. The van der Waals surface area contributed by atoms with Gasteiger partial charge in [0.1, 0.15) is 16.5 Å². The van der Waals surface area contributed by atoms with E-state index in [1.54, 1.807) is 22.3 Å². The van der Waals surface area contributed by atoms with Crippen LogP contribution in [0.4, 0.5) is 0 Å². The van der Waals surface area contributed by atoms with Crippen LogP contribution in [0.1, 0.15) is 114 Å². The van der Waals surface area contributed by atoms with E-state index in [4.69, 9.17) is 0 Å². The third kappa shape index (κ3) is 7.62. The second kappa shape index (κ2) is 12.1. The van der Waals surface area contributed by atoms with Crippen molar-refractivity contribution in [1.29, 1.82) is 0 Å². The number of hydrogen-bond acceptors (Lipinski definition) is 2. The predicted molar refractivity (Wildman–Crippen MR) is 187 cm³/mol. The predicted octanol–water partition coefficient (Wildman–Crippen LogP) is 10.2. The van der Waals surface area contributed by atoms with Crippen LogP contribution in [0, 0.1) is 5.92 Å². The van der Waals surface area contributed by atoms with Crippen molar-refractivity contribution in [3.63, 3.8) is 0 Å². The van der Waals surface area contributed by atoms with Crippen LogP contribution in [0.15, 0.2) is 60.7 Å². The maximum absolute atomic E-state index is 4.06. The van der Waals surface area contributed by atoms with Gasteiger partial charge in [-0.25, -0.2) is 0 Å². The van der Waals surface area contributed by atoms with Gasteiger partial charge in [-0.15, -0.1) is 0 Å². The van der Waals surface area contributed by atoms with Crippen molar-refractivity contribution in [2.45, 2.75) is 129 Å². The standard InChI is InChI=1S/C37H58N2Si2/c1-12-27(33-26-35(32-24-18-16-22-30(32)33)41(10,11)39-37(5,6)7)19-13-14-20-28-25-34(31-23-17-15-21-29(28)31)40(8,9)38-36(2,3)4/h15-18,21-27,34-35,38-39H,12-14,19-20H2,1-11H3. The maximum Gasteiger partial charge on any atom is 0.131 e. The van der Waals surface area contributed by atoms with Crippen molar-refractivity contribution in [2.24, 2.45) is 5.92 Å². The molecule has 2 nitrogen and oxygen atoms in total. The molecule has 0 amide bonds. The summed E-state index contributed by atoms with van der Waals surface area (Å²) in [6.45, 7) is 26.3. The molecule has 224 valence electrons. The van der Waals surface area contributed by atoms with Gasteiger partial charge in [-0.2, -0.15) is 0 Å². The van der Waals surface area contributed by atoms with Gasteiger partial charge < -0.3 is 9.96 Å². The Labute approximate surface area is 254 Å². The lowest BCUT2D eigenvalue weighted by Crippen LogP contribution is -2.57. The quantitative estimate of drug-likeness (QED) is 0.202. The Hall–Kier alpha value is -1.73. The van der Waals surface area contributed by atoms with Crippen LogP contribution in [0.5, 0.6) is 0 Å². The number of hydrogen-bond donors (Lipinski definition) is 2. The van der Waals surface area contributed by atoms with Gasteiger partial charge in [0.2, 0.25) is 0 Å². The van der Waals surface area contributed by atoms with Gasteiger partial charge >= 0.3 is 0 Å². The molecule has 41 heavy (non-hydrogen) atoms. The number of fused-ring (bicyclic) bond motifs is 2. The average molecular weight is 587 g/mol. The summed E-state index contributed by atoms with van der Waals surface area (Å²) in [6.07, 6.45) is 11.6. The molecular formula is C37H58N2Si2. The van der Waals surface area contributed by atoms with Gasteiger partial charge in [0.15, 0.2) is 0 Å². The summed E-state index contributed by atoms with van der Waals surface area (Å²) in [5.74, 6) is 0.639. The molecule has 4 heteroatoms. The topological polar surface area (TPSA) is 24.1 Å². The van der Waals surface area contributed by atoms with Gasteiger partial charge in [-0.1, -0.05) is 100 Å². The smallest absolute Gasteiger partial charge is 0.131 e. The fourth-order valence-electron chi connectivity index (χ4n) is 7.97. The summed E-state index contributed by atoms with van der Waals surface area (Å²) in [7, 11) is -3.41. The SMILES string of the molecule is CCC(CCCCC1=CC([Si](C)(C)NC(C)(C)C)c2ccccc21)C1=CC([Si](C)(C)NC(C)(C)C)c2ccccc21. The molecule has 0 saturated heterocycles. The van der Waals surface area contributed by atoms with E-state index in [9.17, 15) is 0 Å². The largest absolute Gasteiger partial charge is 0.332 e. The molecule has 0 spiro atoms. The van der Waals surface area contributed by atoms with Crippen LogP contribution >= 0.6 is 0 Å². The maximum atomic E-state index is 4.06. The first kappa shape index (κ1) is 32.2. The lowest BCUT2D eigenvalue weighted by Gasteiger charge is -2.37. The summed E-state index contributed by atoms with van der Waals surface area (Å²) in [5, 5.41) is 0. The first-order valence-electron chi connectivity index (χ1n) is 16.2.